The van der Waals surface area contributed by atoms with Crippen molar-refractivity contribution < 1.29 is 9.47 Å². The van der Waals surface area contributed by atoms with Crippen molar-refractivity contribution in [1.29, 1.82) is 0 Å². The maximum atomic E-state index is 5.78. The zero-order valence-corrected chi connectivity index (χ0v) is 17.0. The molecule has 4 nitrogen and oxygen atoms in total. The fraction of sp³-hybridized carbons (Fsp3) is 0.478. The Morgan fingerprint density at radius 3 is 2.26 bits per heavy atom. The molecule has 0 bridgehead atoms. The highest BCUT2D eigenvalue weighted by molar-refractivity contribution is 5.49. The van der Waals surface area contributed by atoms with Crippen LogP contribution in [0.3, 0.4) is 0 Å². The Bertz CT molecular complexity index is 641. The van der Waals surface area contributed by atoms with Crippen LogP contribution in [0.5, 0.6) is 11.5 Å². The van der Waals surface area contributed by atoms with Crippen LogP contribution < -0.4 is 20.1 Å². The van der Waals surface area contributed by atoms with E-state index in [4.69, 9.17) is 9.47 Å². The number of ether oxygens (including phenoxy) is 2. The molecule has 0 fully saturated rings. The minimum atomic E-state index is 0.185. The predicted octanol–water partition coefficient (Wildman–Crippen LogP) is 5.96. The van der Waals surface area contributed by atoms with Gasteiger partial charge in [0.2, 0.25) is 0 Å². The molecule has 0 radical (unpaired) electrons. The maximum Gasteiger partial charge on any atom is 0.121 e. The lowest BCUT2D eigenvalue weighted by molar-refractivity contribution is 0.242. The molecule has 27 heavy (non-hydrogen) atoms. The average Bonchev–Trinajstić information content (AvgIpc) is 2.66. The summed E-state index contributed by atoms with van der Waals surface area (Å²) in [4.78, 5) is 0. The van der Waals surface area contributed by atoms with Crippen LogP contribution >= 0.6 is 0 Å². The van der Waals surface area contributed by atoms with Gasteiger partial charge < -0.3 is 20.1 Å². The van der Waals surface area contributed by atoms with Gasteiger partial charge in [-0.05, 0) is 56.7 Å². The molecule has 0 aromatic heterocycles. The van der Waals surface area contributed by atoms with E-state index in [9.17, 15) is 0 Å². The molecule has 4 heteroatoms. The van der Waals surface area contributed by atoms with Crippen LogP contribution in [0.4, 0.5) is 11.4 Å². The summed E-state index contributed by atoms with van der Waals surface area (Å²) in [7, 11) is 0. The van der Waals surface area contributed by atoms with E-state index in [2.05, 4.69) is 35.8 Å². The van der Waals surface area contributed by atoms with Gasteiger partial charge in [-0.2, -0.15) is 0 Å². The molecular formula is C23H34N2O2. The van der Waals surface area contributed by atoms with Gasteiger partial charge in [0, 0.05) is 30.5 Å². The van der Waals surface area contributed by atoms with Crippen molar-refractivity contribution in [3.05, 3.63) is 48.5 Å². The highest BCUT2D eigenvalue weighted by Gasteiger charge is 2.00. The number of hydrogen-bond donors (Lipinski definition) is 2. The normalized spacial score (nSPS) is 10.7. The van der Waals surface area contributed by atoms with Crippen LogP contribution in [0, 0.1) is 0 Å². The minimum Gasteiger partial charge on any atom is -0.494 e. The Hall–Kier alpha value is -2.36. The van der Waals surface area contributed by atoms with Crippen LogP contribution in [-0.4, -0.2) is 25.8 Å². The second-order valence-electron chi connectivity index (χ2n) is 6.98. The molecule has 0 saturated carbocycles. The van der Waals surface area contributed by atoms with E-state index >= 15 is 0 Å². The molecule has 0 aliphatic carbocycles. The van der Waals surface area contributed by atoms with Gasteiger partial charge in [-0.25, -0.2) is 0 Å². The summed E-state index contributed by atoms with van der Waals surface area (Å²) in [6, 6.07) is 16.3. The summed E-state index contributed by atoms with van der Waals surface area (Å²) in [5, 5.41) is 6.84. The highest BCUT2D eigenvalue weighted by atomic mass is 16.5. The van der Waals surface area contributed by atoms with Gasteiger partial charge in [0.05, 0.1) is 12.7 Å². The first-order chi connectivity index (χ1) is 13.2. The monoisotopic (exact) mass is 370 g/mol. The number of anilines is 2. The lowest BCUT2D eigenvalue weighted by atomic mass is 10.2. The molecule has 2 aromatic rings. The van der Waals surface area contributed by atoms with Crippen molar-refractivity contribution in [3.63, 3.8) is 0 Å². The number of nitrogens with one attached hydrogen (secondary N) is 2. The molecule has 0 aliphatic heterocycles. The van der Waals surface area contributed by atoms with Gasteiger partial charge >= 0.3 is 0 Å². The largest absolute Gasteiger partial charge is 0.494 e. The number of benzene rings is 2. The topological polar surface area (TPSA) is 42.5 Å². The molecule has 148 valence electrons. The smallest absolute Gasteiger partial charge is 0.121 e. The van der Waals surface area contributed by atoms with Crippen molar-refractivity contribution in [1.82, 2.24) is 0 Å². The van der Waals surface area contributed by atoms with Gasteiger partial charge in [-0.15, -0.1) is 0 Å². The van der Waals surface area contributed by atoms with Crippen LogP contribution in [0.1, 0.15) is 46.5 Å². The Morgan fingerprint density at radius 1 is 0.815 bits per heavy atom. The van der Waals surface area contributed by atoms with Crippen molar-refractivity contribution >= 4 is 11.4 Å². The molecule has 0 saturated heterocycles. The van der Waals surface area contributed by atoms with E-state index in [-0.39, 0.29) is 6.10 Å². The summed E-state index contributed by atoms with van der Waals surface area (Å²) in [5.74, 6) is 1.84. The van der Waals surface area contributed by atoms with E-state index in [1.54, 1.807) is 0 Å². The first-order valence-corrected chi connectivity index (χ1v) is 10.1. The second kappa shape index (κ2) is 12.1. The van der Waals surface area contributed by atoms with E-state index in [1.165, 1.54) is 19.3 Å². The number of unbranched alkanes of at least 4 members (excludes halogenated alkanes) is 3. The van der Waals surface area contributed by atoms with E-state index in [0.29, 0.717) is 0 Å². The Balaban J connectivity index is 1.65. The molecule has 0 unspecified atom stereocenters. The molecule has 0 spiro atoms. The molecular weight excluding hydrogens is 336 g/mol. The molecule has 0 amide bonds. The average molecular weight is 371 g/mol. The molecule has 0 atom stereocenters. The zero-order chi connectivity index (χ0) is 19.3. The SMILES string of the molecule is CCCCCCOc1ccc(NCCNc2cccc(OC(C)C)c2)cc1. The summed E-state index contributed by atoms with van der Waals surface area (Å²) < 4.78 is 11.5. The maximum absolute atomic E-state index is 5.78. The van der Waals surface area contributed by atoms with Crippen LogP contribution in [-0.2, 0) is 0 Å². The zero-order valence-electron chi connectivity index (χ0n) is 17.0. The Labute approximate surface area is 164 Å². The Kier molecular flexibility index (Phi) is 9.39. The summed E-state index contributed by atoms with van der Waals surface area (Å²) >= 11 is 0. The van der Waals surface area contributed by atoms with E-state index < -0.39 is 0 Å². The molecule has 0 aliphatic rings. The Morgan fingerprint density at radius 2 is 1.56 bits per heavy atom. The van der Waals surface area contributed by atoms with Gasteiger partial charge in [-0.3, -0.25) is 0 Å². The van der Waals surface area contributed by atoms with Gasteiger partial charge in [0.15, 0.2) is 0 Å². The van der Waals surface area contributed by atoms with Crippen molar-refractivity contribution in [2.24, 2.45) is 0 Å². The minimum absolute atomic E-state index is 0.185. The lowest BCUT2D eigenvalue weighted by Gasteiger charge is -2.13. The van der Waals surface area contributed by atoms with Gasteiger partial charge in [0.1, 0.15) is 11.5 Å². The number of rotatable bonds is 13. The summed E-state index contributed by atoms with van der Waals surface area (Å²) in [6.45, 7) is 8.77. The first kappa shape index (κ1) is 20.9. The third-order valence-electron chi connectivity index (χ3n) is 4.11. The number of hydrogen-bond acceptors (Lipinski definition) is 4. The van der Waals surface area contributed by atoms with E-state index in [0.717, 1.165) is 49.0 Å². The first-order valence-electron chi connectivity index (χ1n) is 10.1. The third-order valence-corrected chi connectivity index (χ3v) is 4.11. The van der Waals surface area contributed by atoms with Crippen LogP contribution in [0.25, 0.3) is 0 Å². The summed E-state index contributed by atoms with van der Waals surface area (Å²) in [6.07, 6.45) is 5.10. The standard InChI is InChI=1S/C23H34N2O2/c1-4-5-6-7-17-26-22-13-11-20(12-14-22)24-15-16-25-21-9-8-10-23(18-21)27-19(2)3/h8-14,18-19,24-25H,4-7,15-17H2,1-3H3. The quantitative estimate of drug-likeness (QED) is 0.427. The predicted molar refractivity (Wildman–Crippen MR) is 115 cm³/mol. The van der Waals surface area contributed by atoms with Crippen molar-refractivity contribution in [3.8, 4) is 11.5 Å². The molecule has 2 rings (SSSR count). The molecule has 0 heterocycles. The fourth-order valence-electron chi connectivity index (χ4n) is 2.75. The van der Waals surface area contributed by atoms with Gasteiger partial charge in [-0.1, -0.05) is 32.3 Å². The van der Waals surface area contributed by atoms with Gasteiger partial charge in [0.25, 0.3) is 0 Å². The van der Waals surface area contributed by atoms with Crippen LogP contribution in [0.2, 0.25) is 0 Å². The van der Waals surface area contributed by atoms with Crippen molar-refractivity contribution in [2.75, 3.05) is 30.3 Å². The van der Waals surface area contributed by atoms with Crippen molar-refractivity contribution in [2.45, 2.75) is 52.6 Å². The summed E-state index contributed by atoms with van der Waals surface area (Å²) in [5.41, 5.74) is 2.17. The molecule has 2 aromatic carbocycles. The third kappa shape index (κ3) is 8.72. The van der Waals surface area contributed by atoms with Crippen LogP contribution in [0.15, 0.2) is 48.5 Å². The lowest BCUT2D eigenvalue weighted by Crippen LogP contribution is -2.13. The highest BCUT2D eigenvalue weighted by Crippen LogP contribution is 2.19. The molecule has 2 N–H and O–H groups in total. The second-order valence-corrected chi connectivity index (χ2v) is 6.98. The van der Waals surface area contributed by atoms with E-state index in [1.807, 2.05) is 44.2 Å². The fourth-order valence-corrected chi connectivity index (χ4v) is 2.75.